The SMILES string of the molecule is Cn1nc(C=O)c2c(C(=O)O)cc(F)cc21. The molecule has 2 aromatic rings. The van der Waals surface area contributed by atoms with Crippen molar-refractivity contribution in [1.82, 2.24) is 9.78 Å². The number of nitrogens with zero attached hydrogens (tertiary/aromatic N) is 2. The van der Waals surface area contributed by atoms with Crippen molar-refractivity contribution in [3.8, 4) is 0 Å². The zero-order valence-corrected chi connectivity index (χ0v) is 8.27. The number of aldehydes is 1. The summed E-state index contributed by atoms with van der Waals surface area (Å²) in [4.78, 5) is 21.7. The Morgan fingerprint density at radius 3 is 2.81 bits per heavy atom. The van der Waals surface area contributed by atoms with Crippen LogP contribution in [0.2, 0.25) is 0 Å². The van der Waals surface area contributed by atoms with Gasteiger partial charge < -0.3 is 5.11 Å². The molecule has 0 aliphatic carbocycles. The Labute approximate surface area is 89.1 Å². The molecule has 0 saturated carbocycles. The molecule has 0 saturated heterocycles. The van der Waals surface area contributed by atoms with Crippen LogP contribution in [0.4, 0.5) is 4.39 Å². The van der Waals surface area contributed by atoms with Crippen LogP contribution in [0.1, 0.15) is 20.8 Å². The second-order valence-corrected chi connectivity index (χ2v) is 3.28. The van der Waals surface area contributed by atoms with Crippen LogP contribution in [0.15, 0.2) is 12.1 Å². The lowest BCUT2D eigenvalue weighted by atomic mass is 10.1. The van der Waals surface area contributed by atoms with Gasteiger partial charge in [-0.05, 0) is 12.1 Å². The zero-order valence-electron chi connectivity index (χ0n) is 8.27. The van der Waals surface area contributed by atoms with Crippen molar-refractivity contribution in [2.45, 2.75) is 0 Å². The number of carbonyl (C=O) groups is 2. The maximum Gasteiger partial charge on any atom is 0.336 e. The third-order valence-electron chi connectivity index (χ3n) is 2.29. The highest BCUT2D eigenvalue weighted by molar-refractivity contribution is 6.08. The largest absolute Gasteiger partial charge is 0.478 e. The van der Waals surface area contributed by atoms with Crippen molar-refractivity contribution in [2.75, 3.05) is 0 Å². The van der Waals surface area contributed by atoms with Crippen LogP contribution in [0.25, 0.3) is 10.9 Å². The van der Waals surface area contributed by atoms with E-state index in [1.54, 1.807) is 0 Å². The quantitative estimate of drug-likeness (QED) is 0.775. The van der Waals surface area contributed by atoms with Crippen LogP contribution < -0.4 is 0 Å². The fourth-order valence-electron chi connectivity index (χ4n) is 1.63. The predicted molar refractivity (Wildman–Crippen MR) is 53.0 cm³/mol. The smallest absolute Gasteiger partial charge is 0.336 e. The average molecular weight is 222 g/mol. The summed E-state index contributed by atoms with van der Waals surface area (Å²) < 4.78 is 14.4. The highest BCUT2D eigenvalue weighted by Gasteiger charge is 2.18. The Balaban J connectivity index is 2.98. The summed E-state index contributed by atoms with van der Waals surface area (Å²) in [6, 6.07) is 2.01. The van der Waals surface area contributed by atoms with E-state index in [0.717, 1.165) is 12.1 Å². The molecule has 0 fully saturated rings. The monoisotopic (exact) mass is 222 g/mol. The van der Waals surface area contributed by atoms with Crippen LogP contribution in [-0.4, -0.2) is 27.1 Å². The summed E-state index contributed by atoms with van der Waals surface area (Å²) in [7, 11) is 1.51. The van der Waals surface area contributed by atoms with E-state index >= 15 is 0 Å². The van der Waals surface area contributed by atoms with E-state index in [-0.39, 0.29) is 22.2 Å². The second-order valence-electron chi connectivity index (χ2n) is 3.28. The van der Waals surface area contributed by atoms with E-state index < -0.39 is 11.8 Å². The number of aromatic carboxylic acids is 1. The summed E-state index contributed by atoms with van der Waals surface area (Å²) in [5, 5.41) is 12.9. The lowest BCUT2D eigenvalue weighted by Gasteiger charge is -1.99. The summed E-state index contributed by atoms with van der Waals surface area (Å²) in [6.07, 6.45) is 0.451. The molecule has 0 aliphatic rings. The minimum atomic E-state index is -1.29. The van der Waals surface area contributed by atoms with Gasteiger partial charge in [-0.2, -0.15) is 5.10 Å². The summed E-state index contributed by atoms with van der Waals surface area (Å²) >= 11 is 0. The third-order valence-corrected chi connectivity index (χ3v) is 2.29. The number of hydrogen-bond donors (Lipinski definition) is 1. The van der Waals surface area contributed by atoms with E-state index in [0.29, 0.717) is 6.29 Å². The molecule has 82 valence electrons. The molecule has 0 amide bonds. The summed E-state index contributed by atoms with van der Waals surface area (Å²) in [5.41, 5.74) is 0.0135. The number of rotatable bonds is 2. The average Bonchev–Trinajstić information content (AvgIpc) is 2.54. The third kappa shape index (κ3) is 1.35. The highest BCUT2D eigenvalue weighted by Crippen LogP contribution is 2.23. The van der Waals surface area contributed by atoms with Crippen molar-refractivity contribution >= 4 is 23.2 Å². The molecule has 0 spiro atoms. The standard InChI is InChI=1S/C10H7FN2O3/c1-13-8-3-5(11)2-6(10(15)16)9(8)7(4-14)12-13/h2-4H,1H3,(H,15,16). The van der Waals surface area contributed by atoms with E-state index in [1.165, 1.54) is 11.7 Å². The van der Waals surface area contributed by atoms with Crippen LogP contribution in [0, 0.1) is 5.82 Å². The normalized spacial score (nSPS) is 10.6. The first kappa shape index (κ1) is 10.3. The van der Waals surface area contributed by atoms with Gasteiger partial charge in [0.05, 0.1) is 11.1 Å². The van der Waals surface area contributed by atoms with Crippen molar-refractivity contribution < 1.29 is 19.1 Å². The van der Waals surface area contributed by atoms with Gasteiger partial charge in [-0.25, -0.2) is 9.18 Å². The number of carbonyl (C=O) groups excluding carboxylic acids is 1. The fourth-order valence-corrected chi connectivity index (χ4v) is 1.63. The van der Waals surface area contributed by atoms with Gasteiger partial charge in [-0.15, -0.1) is 0 Å². The van der Waals surface area contributed by atoms with E-state index in [1.807, 2.05) is 0 Å². The maximum atomic E-state index is 13.2. The van der Waals surface area contributed by atoms with Gasteiger partial charge >= 0.3 is 5.97 Å². The van der Waals surface area contributed by atoms with Gasteiger partial charge in [0.15, 0.2) is 6.29 Å². The summed E-state index contributed by atoms with van der Waals surface area (Å²) in [6.45, 7) is 0. The van der Waals surface area contributed by atoms with Crippen LogP contribution in [0.5, 0.6) is 0 Å². The number of fused-ring (bicyclic) bond motifs is 1. The molecule has 5 nitrogen and oxygen atoms in total. The Bertz CT molecular complexity index is 604. The van der Waals surface area contributed by atoms with Crippen LogP contribution in [-0.2, 0) is 7.05 Å². The van der Waals surface area contributed by atoms with Gasteiger partial charge in [0.2, 0.25) is 0 Å². The summed E-state index contributed by atoms with van der Waals surface area (Å²) in [5.74, 6) is -1.97. The lowest BCUT2D eigenvalue weighted by molar-refractivity contribution is 0.0698. The zero-order chi connectivity index (χ0) is 11.9. The lowest BCUT2D eigenvalue weighted by Crippen LogP contribution is -1.99. The number of aromatic nitrogens is 2. The predicted octanol–water partition coefficient (Wildman–Crippen LogP) is 1.22. The molecule has 0 radical (unpaired) electrons. The Hall–Kier alpha value is -2.24. The molecule has 0 bridgehead atoms. The van der Waals surface area contributed by atoms with Crippen molar-refractivity contribution in [1.29, 1.82) is 0 Å². The van der Waals surface area contributed by atoms with Gasteiger partial charge in [-0.3, -0.25) is 9.48 Å². The molecule has 1 aromatic carbocycles. The van der Waals surface area contributed by atoms with E-state index in [4.69, 9.17) is 5.11 Å². The minimum Gasteiger partial charge on any atom is -0.478 e. The van der Waals surface area contributed by atoms with Crippen LogP contribution >= 0.6 is 0 Å². The molecule has 0 atom stereocenters. The fraction of sp³-hybridized carbons (Fsp3) is 0.100. The van der Waals surface area contributed by atoms with E-state index in [9.17, 15) is 14.0 Å². The first-order valence-corrected chi connectivity index (χ1v) is 4.39. The van der Waals surface area contributed by atoms with Crippen molar-refractivity contribution in [2.24, 2.45) is 7.05 Å². The molecule has 16 heavy (non-hydrogen) atoms. The number of benzene rings is 1. The maximum absolute atomic E-state index is 13.2. The van der Waals surface area contributed by atoms with E-state index in [2.05, 4.69) is 5.10 Å². The van der Waals surface area contributed by atoms with Gasteiger partial charge in [-0.1, -0.05) is 0 Å². The minimum absolute atomic E-state index is 0.00472. The Morgan fingerprint density at radius 2 is 2.25 bits per heavy atom. The molecular formula is C10H7FN2O3. The number of hydrogen-bond acceptors (Lipinski definition) is 3. The van der Waals surface area contributed by atoms with Gasteiger partial charge in [0.25, 0.3) is 0 Å². The number of aryl methyl sites for hydroxylation is 1. The van der Waals surface area contributed by atoms with Gasteiger partial charge in [0, 0.05) is 12.4 Å². The number of carboxylic acid groups (broad SMARTS) is 1. The molecule has 0 aliphatic heterocycles. The molecule has 6 heteroatoms. The van der Waals surface area contributed by atoms with Crippen molar-refractivity contribution in [3.63, 3.8) is 0 Å². The Morgan fingerprint density at radius 1 is 1.56 bits per heavy atom. The number of halogens is 1. The number of carboxylic acids is 1. The molecule has 0 unspecified atom stereocenters. The highest BCUT2D eigenvalue weighted by atomic mass is 19.1. The molecule has 1 aromatic heterocycles. The molecular weight excluding hydrogens is 215 g/mol. The molecule has 1 heterocycles. The van der Waals surface area contributed by atoms with Crippen LogP contribution in [0.3, 0.4) is 0 Å². The topological polar surface area (TPSA) is 72.2 Å². The first-order valence-electron chi connectivity index (χ1n) is 4.39. The molecule has 2 rings (SSSR count). The van der Waals surface area contributed by atoms with Gasteiger partial charge in [0.1, 0.15) is 11.5 Å². The molecule has 1 N–H and O–H groups in total. The van der Waals surface area contributed by atoms with Crippen molar-refractivity contribution in [3.05, 3.63) is 29.2 Å². The Kier molecular flexibility index (Phi) is 2.19. The first-order chi connectivity index (χ1) is 7.54. The second kappa shape index (κ2) is 3.41.